The second-order valence-electron chi connectivity index (χ2n) is 3.38. The zero-order valence-corrected chi connectivity index (χ0v) is 10.1. The van der Waals surface area contributed by atoms with Gasteiger partial charge < -0.3 is 15.5 Å². The predicted octanol–water partition coefficient (Wildman–Crippen LogP) is 0.479. The minimum Gasteiger partial charge on any atom is -0.480 e. The number of hydrogen-bond acceptors (Lipinski definition) is 4. The fraction of sp³-hybridized carbons (Fsp3) is 0.273. The van der Waals surface area contributed by atoms with E-state index in [4.69, 9.17) is 10.2 Å². The van der Waals surface area contributed by atoms with Crippen LogP contribution in [0.5, 0.6) is 0 Å². The van der Waals surface area contributed by atoms with Gasteiger partial charge in [0.1, 0.15) is 11.9 Å². The Balaban J connectivity index is 2.41. The highest BCUT2D eigenvalue weighted by molar-refractivity contribution is 8.00. The average molecular weight is 273 g/mol. The van der Waals surface area contributed by atoms with E-state index < -0.39 is 24.5 Å². The standard InChI is InChI=1S/C11H12FNO4S/c12-7-1-3-8(4-2-7)18-6-10(15)13-9(5-14)11(16)17/h1-4,9,14H,5-6H2,(H,13,15)(H,16,17)/t9-/m0/s1. The van der Waals surface area contributed by atoms with E-state index in [-0.39, 0.29) is 11.6 Å². The summed E-state index contributed by atoms with van der Waals surface area (Å²) in [5.74, 6) is -2.17. The number of aliphatic hydroxyl groups excluding tert-OH is 1. The van der Waals surface area contributed by atoms with Crippen molar-refractivity contribution in [1.29, 1.82) is 0 Å². The van der Waals surface area contributed by atoms with Crippen LogP contribution >= 0.6 is 11.8 Å². The molecule has 1 rings (SSSR count). The Morgan fingerprint density at radius 2 is 1.94 bits per heavy atom. The van der Waals surface area contributed by atoms with Gasteiger partial charge in [0.05, 0.1) is 12.4 Å². The van der Waals surface area contributed by atoms with Crippen molar-refractivity contribution in [2.75, 3.05) is 12.4 Å². The molecule has 1 aromatic rings. The molecule has 5 nitrogen and oxygen atoms in total. The van der Waals surface area contributed by atoms with Crippen molar-refractivity contribution < 1.29 is 24.2 Å². The lowest BCUT2D eigenvalue weighted by atomic mass is 10.3. The molecule has 0 aliphatic rings. The van der Waals surface area contributed by atoms with Crippen molar-refractivity contribution in [3.05, 3.63) is 30.1 Å². The van der Waals surface area contributed by atoms with Gasteiger partial charge in [-0.25, -0.2) is 9.18 Å². The van der Waals surface area contributed by atoms with Crippen LogP contribution in [0.4, 0.5) is 4.39 Å². The van der Waals surface area contributed by atoms with Crippen LogP contribution in [0.15, 0.2) is 29.2 Å². The normalized spacial score (nSPS) is 11.9. The molecule has 1 atom stereocenters. The van der Waals surface area contributed by atoms with Gasteiger partial charge in [0.25, 0.3) is 0 Å². The van der Waals surface area contributed by atoms with Crippen LogP contribution < -0.4 is 5.32 Å². The first-order valence-corrected chi connectivity index (χ1v) is 6.03. The zero-order valence-electron chi connectivity index (χ0n) is 9.30. The molecule has 0 unspecified atom stereocenters. The number of carbonyl (C=O) groups excluding carboxylic acids is 1. The van der Waals surface area contributed by atoms with Crippen LogP contribution in [0.1, 0.15) is 0 Å². The first-order valence-electron chi connectivity index (χ1n) is 5.04. The maximum atomic E-state index is 12.6. The zero-order chi connectivity index (χ0) is 13.5. The van der Waals surface area contributed by atoms with Crippen molar-refractivity contribution in [3.63, 3.8) is 0 Å². The van der Waals surface area contributed by atoms with Gasteiger partial charge in [-0.05, 0) is 24.3 Å². The van der Waals surface area contributed by atoms with Crippen LogP contribution in [0.25, 0.3) is 0 Å². The van der Waals surface area contributed by atoms with E-state index in [1.165, 1.54) is 24.3 Å². The van der Waals surface area contributed by atoms with Gasteiger partial charge in [0, 0.05) is 4.90 Å². The lowest BCUT2D eigenvalue weighted by Gasteiger charge is -2.11. The number of aliphatic hydroxyl groups is 1. The second-order valence-corrected chi connectivity index (χ2v) is 4.43. The van der Waals surface area contributed by atoms with Crippen LogP contribution in [0.3, 0.4) is 0 Å². The molecule has 0 saturated heterocycles. The first-order chi connectivity index (χ1) is 8.52. The molecule has 1 amide bonds. The summed E-state index contributed by atoms with van der Waals surface area (Å²) in [6.45, 7) is -0.664. The third kappa shape index (κ3) is 4.72. The van der Waals surface area contributed by atoms with Crippen LogP contribution in [-0.4, -0.2) is 40.5 Å². The minimum absolute atomic E-state index is 0.00455. The number of aliphatic carboxylic acids is 1. The fourth-order valence-electron chi connectivity index (χ4n) is 1.10. The molecule has 0 aliphatic heterocycles. The average Bonchev–Trinajstić information content (AvgIpc) is 2.35. The lowest BCUT2D eigenvalue weighted by Crippen LogP contribution is -2.44. The molecule has 0 fully saturated rings. The van der Waals surface area contributed by atoms with E-state index in [1.807, 2.05) is 0 Å². The Labute approximate surface area is 107 Å². The summed E-state index contributed by atoms with van der Waals surface area (Å²) in [6.07, 6.45) is 0. The number of nitrogens with one attached hydrogen (secondary N) is 1. The Kier molecular flexibility index (Phi) is 5.60. The Bertz CT molecular complexity index is 424. The van der Waals surface area contributed by atoms with Crippen LogP contribution in [-0.2, 0) is 9.59 Å². The van der Waals surface area contributed by atoms with E-state index in [9.17, 15) is 14.0 Å². The number of thioether (sulfide) groups is 1. The van der Waals surface area contributed by atoms with E-state index in [0.29, 0.717) is 4.90 Å². The topological polar surface area (TPSA) is 86.6 Å². The first kappa shape index (κ1) is 14.5. The summed E-state index contributed by atoms with van der Waals surface area (Å²) in [4.78, 5) is 22.6. The number of benzene rings is 1. The van der Waals surface area contributed by atoms with Gasteiger partial charge in [-0.3, -0.25) is 4.79 Å². The van der Waals surface area contributed by atoms with Gasteiger partial charge in [-0.2, -0.15) is 0 Å². The summed E-state index contributed by atoms with van der Waals surface area (Å²) in [7, 11) is 0. The Morgan fingerprint density at radius 1 is 1.33 bits per heavy atom. The third-order valence-corrected chi connectivity index (χ3v) is 3.01. The number of carbonyl (C=O) groups is 2. The molecule has 0 heterocycles. The maximum absolute atomic E-state index is 12.6. The van der Waals surface area contributed by atoms with E-state index in [1.54, 1.807) is 0 Å². The summed E-state index contributed by atoms with van der Waals surface area (Å²) in [6, 6.07) is 4.29. The molecule has 1 aromatic carbocycles. The predicted molar refractivity (Wildman–Crippen MR) is 63.8 cm³/mol. The molecule has 0 saturated carbocycles. The number of hydrogen-bond donors (Lipinski definition) is 3. The van der Waals surface area contributed by atoms with Crippen molar-refractivity contribution >= 4 is 23.6 Å². The molecule has 0 aromatic heterocycles. The van der Waals surface area contributed by atoms with Crippen molar-refractivity contribution in [3.8, 4) is 0 Å². The molecule has 0 radical (unpaired) electrons. The molecule has 0 bridgehead atoms. The largest absolute Gasteiger partial charge is 0.480 e. The third-order valence-electron chi connectivity index (χ3n) is 2.00. The molecule has 18 heavy (non-hydrogen) atoms. The smallest absolute Gasteiger partial charge is 0.328 e. The van der Waals surface area contributed by atoms with Crippen LogP contribution in [0.2, 0.25) is 0 Å². The molecular weight excluding hydrogens is 261 g/mol. The van der Waals surface area contributed by atoms with Gasteiger partial charge in [-0.1, -0.05) is 0 Å². The summed E-state index contributed by atoms with van der Waals surface area (Å²) >= 11 is 1.15. The Hall–Kier alpha value is -1.60. The summed E-state index contributed by atoms with van der Waals surface area (Å²) in [5.41, 5.74) is 0. The van der Waals surface area contributed by atoms with Gasteiger partial charge in [-0.15, -0.1) is 11.8 Å². The highest BCUT2D eigenvalue weighted by atomic mass is 32.2. The van der Waals surface area contributed by atoms with Crippen molar-refractivity contribution in [1.82, 2.24) is 5.32 Å². The molecule has 3 N–H and O–H groups in total. The maximum Gasteiger partial charge on any atom is 0.328 e. The molecule has 0 spiro atoms. The summed E-state index contributed by atoms with van der Waals surface area (Å²) in [5, 5.41) is 19.5. The van der Waals surface area contributed by atoms with Crippen molar-refractivity contribution in [2.45, 2.75) is 10.9 Å². The highest BCUT2D eigenvalue weighted by Crippen LogP contribution is 2.17. The number of rotatable bonds is 6. The Morgan fingerprint density at radius 3 is 2.44 bits per heavy atom. The van der Waals surface area contributed by atoms with Crippen molar-refractivity contribution in [2.24, 2.45) is 0 Å². The van der Waals surface area contributed by atoms with Gasteiger partial charge >= 0.3 is 5.97 Å². The van der Waals surface area contributed by atoms with Crippen LogP contribution in [0, 0.1) is 5.82 Å². The van der Waals surface area contributed by atoms with E-state index in [2.05, 4.69) is 5.32 Å². The highest BCUT2D eigenvalue weighted by Gasteiger charge is 2.18. The summed E-state index contributed by atoms with van der Waals surface area (Å²) < 4.78 is 12.6. The van der Waals surface area contributed by atoms with Gasteiger partial charge in [0.15, 0.2) is 0 Å². The number of halogens is 1. The second kappa shape index (κ2) is 6.97. The number of carboxylic acids is 1. The van der Waals surface area contributed by atoms with E-state index >= 15 is 0 Å². The minimum atomic E-state index is -1.30. The lowest BCUT2D eigenvalue weighted by molar-refractivity contribution is -0.142. The fourth-order valence-corrected chi connectivity index (χ4v) is 1.81. The molecule has 7 heteroatoms. The van der Waals surface area contributed by atoms with E-state index in [0.717, 1.165) is 11.8 Å². The number of amides is 1. The SMILES string of the molecule is O=C(CSc1ccc(F)cc1)N[C@@H](CO)C(=O)O. The van der Waals surface area contributed by atoms with Gasteiger partial charge in [0.2, 0.25) is 5.91 Å². The molecule has 0 aliphatic carbocycles. The quantitative estimate of drug-likeness (QED) is 0.656. The number of carboxylic acid groups (broad SMARTS) is 1. The molecular formula is C11H12FNO4S. The molecule has 98 valence electrons. The monoisotopic (exact) mass is 273 g/mol.